The van der Waals surface area contributed by atoms with Crippen LogP contribution in [-0.2, 0) is 6.54 Å². The molecule has 0 bridgehead atoms. The number of benzene rings is 1. The van der Waals surface area contributed by atoms with Gasteiger partial charge >= 0.3 is 0 Å². The zero-order chi connectivity index (χ0) is 17.0. The van der Waals surface area contributed by atoms with E-state index in [-0.39, 0.29) is 36.6 Å². The molecule has 1 aromatic carbocycles. The Labute approximate surface area is 135 Å². The molecule has 5 heteroatoms. The summed E-state index contributed by atoms with van der Waals surface area (Å²) in [6.45, 7) is 5.82. The molecule has 0 aliphatic heterocycles. The Hall–Kier alpha value is -1.85. The maximum absolute atomic E-state index is 13.9. The van der Waals surface area contributed by atoms with Crippen LogP contribution < -0.4 is 5.32 Å². The van der Waals surface area contributed by atoms with Crippen LogP contribution in [0.1, 0.15) is 25.1 Å². The quantitative estimate of drug-likeness (QED) is 0.857. The number of aryl methyl sites for hydroxylation is 1. The first kappa shape index (κ1) is 17.5. The van der Waals surface area contributed by atoms with E-state index < -0.39 is 5.82 Å². The van der Waals surface area contributed by atoms with Crippen LogP contribution in [0.3, 0.4) is 0 Å². The first-order valence-electron chi connectivity index (χ1n) is 7.68. The van der Waals surface area contributed by atoms with Crippen LogP contribution in [0.4, 0.5) is 8.78 Å². The fraction of sp³-hybridized carbons (Fsp3) is 0.389. The summed E-state index contributed by atoms with van der Waals surface area (Å²) in [5.41, 5.74) is 1.94. The number of nitrogens with one attached hydrogen (secondary N) is 1. The molecule has 1 heterocycles. The average molecular weight is 320 g/mol. The Bertz CT molecular complexity index is 674. The molecule has 2 aromatic rings. The second kappa shape index (κ2) is 7.62. The molecule has 0 saturated heterocycles. The lowest BCUT2D eigenvalue weighted by atomic mass is 10.1. The molecule has 0 spiro atoms. The minimum Gasteiger partial charge on any atom is -0.395 e. The highest BCUT2D eigenvalue weighted by Crippen LogP contribution is 2.21. The summed E-state index contributed by atoms with van der Waals surface area (Å²) in [6, 6.07) is 7.58. The van der Waals surface area contributed by atoms with Gasteiger partial charge in [0.1, 0.15) is 11.6 Å². The van der Waals surface area contributed by atoms with Gasteiger partial charge in [-0.3, -0.25) is 0 Å². The van der Waals surface area contributed by atoms with Crippen molar-refractivity contribution in [1.29, 1.82) is 0 Å². The number of aromatic nitrogens is 1. The maximum atomic E-state index is 13.9. The Morgan fingerprint density at radius 1 is 1.13 bits per heavy atom. The second-order valence-electron chi connectivity index (χ2n) is 6.00. The van der Waals surface area contributed by atoms with Gasteiger partial charge in [0.05, 0.1) is 18.0 Å². The molecule has 0 unspecified atom stereocenters. The lowest BCUT2D eigenvalue weighted by molar-refractivity contribution is 0.209. The van der Waals surface area contributed by atoms with Crippen LogP contribution in [-0.4, -0.2) is 22.7 Å². The third-order valence-electron chi connectivity index (χ3n) is 3.92. The summed E-state index contributed by atoms with van der Waals surface area (Å²) in [4.78, 5) is 4.29. The van der Waals surface area contributed by atoms with Crippen LogP contribution in [0.25, 0.3) is 11.3 Å². The number of aliphatic hydroxyl groups excluding tert-OH is 1. The largest absolute Gasteiger partial charge is 0.395 e. The molecule has 124 valence electrons. The van der Waals surface area contributed by atoms with Crippen molar-refractivity contribution in [3.63, 3.8) is 0 Å². The molecule has 23 heavy (non-hydrogen) atoms. The minimum atomic E-state index is -0.422. The molecule has 0 fully saturated rings. The zero-order valence-corrected chi connectivity index (χ0v) is 13.6. The Balaban J connectivity index is 2.23. The van der Waals surface area contributed by atoms with Crippen LogP contribution >= 0.6 is 0 Å². The fourth-order valence-corrected chi connectivity index (χ4v) is 2.26. The summed E-state index contributed by atoms with van der Waals surface area (Å²) in [6.07, 6.45) is 0. The monoisotopic (exact) mass is 320 g/mol. The van der Waals surface area contributed by atoms with Gasteiger partial charge < -0.3 is 10.4 Å². The maximum Gasteiger partial charge on any atom is 0.146 e. The van der Waals surface area contributed by atoms with Gasteiger partial charge in [-0.1, -0.05) is 26.0 Å². The van der Waals surface area contributed by atoms with Crippen LogP contribution in [0.15, 0.2) is 30.3 Å². The van der Waals surface area contributed by atoms with Crippen molar-refractivity contribution in [3.8, 4) is 11.3 Å². The predicted molar refractivity (Wildman–Crippen MR) is 86.9 cm³/mol. The Kier molecular flexibility index (Phi) is 5.80. The number of hydrogen-bond donors (Lipinski definition) is 2. The normalized spacial score (nSPS) is 12.7. The third-order valence-corrected chi connectivity index (χ3v) is 3.92. The number of halogens is 2. The molecular weight excluding hydrogens is 298 g/mol. The van der Waals surface area contributed by atoms with E-state index in [2.05, 4.69) is 10.3 Å². The number of nitrogens with zero attached hydrogens (tertiary/aromatic N) is 1. The molecule has 0 radical (unpaired) electrons. The van der Waals surface area contributed by atoms with Crippen molar-refractivity contribution < 1.29 is 13.9 Å². The zero-order valence-electron chi connectivity index (χ0n) is 13.6. The fourth-order valence-electron chi connectivity index (χ4n) is 2.26. The molecule has 2 rings (SSSR count). The summed E-state index contributed by atoms with van der Waals surface area (Å²) >= 11 is 0. The number of aliphatic hydroxyl groups is 1. The van der Waals surface area contributed by atoms with Gasteiger partial charge in [0.2, 0.25) is 0 Å². The number of hydrogen-bond acceptors (Lipinski definition) is 3. The van der Waals surface area contributed by atoms with E-state index >= 15 is 0 Å². The van der Waals surface area contributed by atoms with Gasteiger partial charge in [-0.05, 0) is 36.6 Å². The molecule has 0 aliphatic rings. The molecule has 0 amide bonds. The molecule has 3 nitrogen and oxygen atoms in total. The van der Waals surface area contributed by atoms with Crippen molar-refractivity contribution >= 4 is 0 Å². The van der Waals surface area contributed by atoms with E-state index in [4.69, 9.17) is 0 Å². The van der Waals surface area contributed by atoms with E-state index in [0.29, 0.717) is 16.8 Å². The first-order valence-corrected chi connectivity index (χ1v) is 7.68. The lowest BCUT2D eigenvalue weighted by Gasteiger charge is -2.20. The number of rotatable bonds is 6. The topological polar surface area (TPSA) is 45.1 Å². The van der Waals surface area contributed by atoms with Crippen molar-refractivity contribution in [1.82, 2.24) is 10.3 Å². The Morgan fingerprint density at radius 3 is 2.48 bits per heavy atom. The van der Waals surface area contributed by atoms with E-state index in [9.17, 15) is 13.9 Å². The van der Waals surface area contributed by atoms with Gasteiger partial charge in [-0.25, -0.2) is 13.8 Å². The van der Waals surface area contributed by atoms with Gasteiger partial charge in [-0.15, -0.1) is 0 Å². The highest BCUT2D eigenvalue weighted by molar-refractivity contribution is 5.59. The van der Waals surface area contributed by atoms with Crippen LogP contribution in [0.2, 0.25) is 0 Å². The van der Waals surface area contributed by atoms with E-state index in [1.165, 1.54) is 18.2 Å². The van der Waals surface area contributed by atoms with Gasteiger partial charge in [0, 0.05) is 18.2 Å². The summed E-state index contributed by atoms with van der Waals surface area (Å²) in [5.74, 6) is -0.514. The van der Waals surface area contributed by atoms with E-state index in [1.807, 2.05) is 13.8 Å². The van der Waals surface area contributed by atoms with Gasteiger partial charge in [0.25, 0.3) is 0 Å². The smallest absolute Gasteiger partial charge is 0.146 e. The van der Waals surface area contributed by atoms with Crippen molar-refractivity contribution in [2.24, 2.45) is 5.92 Å². The molecule has 2 N–H and O–H groups in total. The molecule has 1 atom stereocenters. The molecule has 1 aromatic heterocycles. The van der Waals surface area contributed by atoms with Crippen LogP contribution in [0.5, 0.6) is 0 Å². The second-order valence-corrected chi connectivity index (χ2v) is 6.00. The third kappa shape index (κ3) is 4.33. The highest BCUT2D eigenvalue weighted by atomic mass is 19.1. The predicted octanol–water partition coefficient (Wildman–Crippen LogP) is 3.44. The minimum absolute atomic E-state index is 0.0256. The Morgan fingerprint density at radius 2 is 1.87 bits per heavy atom. The summed E-state index contributed by atoms with van der Waals surface area (Å²) < 4.78 is 27.6. The van der Waals surface area contributed by atoms with Crippen molar-refractivity contribution in [3.05, 3.63) is 53.2 Å². The average Bonchev–Trinajstić information content (AvgIpc) is 2.52. The lowest BCUT2D eigenvalue weighted by Crippen LogP contribution is -2.36. The van der Waals surface area contributed by atoms with E-state index in [0.717, 1.165) is 0 Å². The summed E-state index contributed by atoms with van der Waals surface area (Å²) in [7, 11) is 0. The standard InChI is InChI=1S/C18H22F2N2O/c1-11(2)18(10-23)21-9-17-14(19)6-7-16(22-17)13-5-4-12(3)15(20)8-13/h4-8,11,18,21,23H,9-10H2,1-3H3/t18-/m0/s1. The van der Waals surface area contributed by atoms with E-state index in [1.54, 1.807) is 19.1 Å². The molecular formula is C18H22F2N2O. The van der Waals surface area contributed by atoms with Crippen LogP contribution in [0, 0.1) is 24.5 Å². The van der Waals surface area contributed by atoms with Crippen molar-refractivity contribution in [2.75, 3.05) is 6.61 Å². The first-order chi connectivity index (χ1) is 10.9. The molecule has 0 aliphatic carbocycles. The van der Waals surface area contributed by atoms with Gasteiger partial charge in [-0.2, -0.15) is 0 Å². The number of pyridine rings is 1. The molecule has 0 saturated carbocycles. The summed E-state index contributed by atoms with van der Waals surface area (Å²) in [5, 5.41) is 12.4. The van der Waals surface area contributed by atoms with Crippen molar-refractivity contribution in [2.45, 2.75) is 33.4 Å². The SMILES string of the molecule is Cc1ccc(-c2ccc(F)c(CN[C@@H](CO)C(C)C)n2)cc1F. The van der Waals surface area contributed by atoms with Gasteiger partial charge in [0.15, 0.2) is 0 Å². The highest BCUT2D eigenvalue weighted by Gasteiger charge is 2.14.